The highest BCUT2D eigenvalue weighted by Crippen LogP contribution is 2.24. The maximum Gasteiger partial charge on any atom is 0.328 e. The van der Waals surface area contributed by atoms with Gasteiger partial charge in [0.1, 0.15) is 5.69 Å². The van der Waals surface area contributed by atoms with Crippen molar-refractivity contribution in [1.29, 1.82) is 0 Å². The molecule has 20 heavy (non-hydrogen) atoms. The van der Waals surface area contributed by atoms with E-state index in [0.717, 1.165) is 31.8 Å². The Morgan fingerprint density at radius 2 is 2.10 bits per heavy atom. The second kappa shape index (κ2) is 6.32. The summed E-state index contributed by atoms with van der Waals surface area (Å²) in [4.78, 5) is 28.9. The van der Waals surface area contributed by atoms with E-state index in [1.54, 1.807) is 30.3 Å². The molecule has 0 aromatic carbocycles. The molecule has 0 aliphatic heterocycles. The Kier molecular flexibility index (Phi) is 4.50. The molecule has 1 amide bonds. The first-order valence-electron chi connectivity index (χ1n) is 6.73. The van der Waals surface area contributed by atoms with Crippen LogP contribution in [0, 0.1) is 0 Å². The maximum atomic E-state index is 12.5. The van der Waals surface area contributed by atoms with E-state index in [9.17, 15) is 9.59 Å². The molecule has 5 heteroatoms. The van der Waals surface area contributed by atoms with E-state index in [0.29, 0.717) is 11.3 Å². The molecule has 0 unspecified atom stereocenters. The van der Waals surface area contributed by atoms with E-state index in [2.05, 4.69) is 4.98 Å². The zero-order valence-corrected chi connectivity index (χ0v) is 11.5. The van der Waals surface area contributed by atoms with Crippen LogP contribution in [0.15, 0.2) is 24.4 Å². The van der Waals surface area contributed by atoms with Crippen LogP contribution in [0.1, 0.15) is 41.7 Å². The Morgan fingerprint density at radius 1 is 1.40 bits per heavy atom. The van der Waals surface area contributed by atoms with Crippen molar-refractivity contribution in [2.75, 3.05) is 7.05 Å². The zero-order valence-electron chi connectivity index (χ0n) is 11.5. The van der Waals surface area contributed by atoms with E-state index < -0.39 is 5.97 Å². The van der Waals surface area contributed by atoms with Gasteiger partial charge >= 0.3 is 5.97 Å². The quantitative estimate of drug-likeness (QED) is 0.854. The van der Waals surface area contributed by atoms with E-state index in [-0.39, 0.29) is 11.9 Å². The largest absolute Gasteiger partial charge is 0.478 e. The number of pyridine rings is 1. The van der Waals surface area contributed by atoms with Gasteiger partial charge in [-0.05, 0) is 25.0 Å². The molecule has 1 aliphatic carbocycles. The molecule has 1 saturated carbocycles. The van der Waals surface area contributed by atoms with Crippen LogP contribution in [0.4, 0.5) is 0 Å². The number of carbonyl (C=O) groups excluding carboxylic acids is 1. The molecule has 0 spiro atoms. The van der Waals surface area contributed by atoms with E-state index in [4.69, 9.17) is 5.11 Å². The van der Waals surface area contributed by atoms with Crippen molar-refractivity contribution in [2.45, 2.75) is 31.7 Å². The fourth-order valence-electron chi connectivity index (χ4n) is 2.52. The Hall–Kier alpha value is -2.17. The molecular formula is C15H18N2O3. The van der Waals surface area contributed by atoms with Crippen LogP contribution in [-0.2, 0) is 4.79 Å². The molecule has 1 heterocycles. The fourth-order valence-corrected chi connectivity index (χ4v) is 2.52. The number of rotatable bonds is 4. The second-order valence-electron chi connectivity index (χ2n) is 4.97. The smallest absolute Gasteiger partial charge is 0.328 e. The third-order valence-corrected chi connectivity index (χ3v) is 3.64. The average Bonchev–Trinajstić information content (AvgIpc) is 2.98. The van der Waals surface area contributed by atoms with Gasteiger partial charge < -0.3 is 10.0 Å². The van der Waals surface area contributed by atoms with Crippen LogP contribution in [0.3, 0.4) is 0 Å². The van der Waals surface area contributed by atoms with Gasteiger partial charge in [-0.2, -0.15) is 0 Å². The lowest BCUT2D eigenvalue weighted by atomic mass is 10.1. The van der Waals surface area contributed by atoms with Gasteiger partial charge in [-0.25, -0.2) is 4.79 Å². The molecular weight excluding hydrogens is 256 g/mol. The molecule has 2 rings (SSSR count). The van der Waals surface area contributed by atoms with Gasteiger partial charge in [0.15, 0.2) is 0 Å². The van der Waals surface area contributed by atoms with Gasteiger partial charge in [-0.3, -0.25) is 9.78 Å². The first-order chi connectivity index (χ1) is 9.59. The highest BCUT2D eigenvalue weighted by molar-refractivity contribution is 5.97. The van der Waals surface area contributed by atoms with Crippen molar-refractivity contribution in [3.05, 3.63) is 35.7 Å². The van der Waals surface area contributed by atoms with Gasteiger partial charge in [-0.1, -0.05) is 18.9 Å². The van der Waals surface area contributed by atoms with Crippen LogP contribution in [0.5, 0.6) is 0 Å². The van der Waals surface area contributed by atoms with Crippen LogP contribution in [0.2, 0.25) is 0 Å². The Balaban J connectivity index is 2.22. The highest BCUT2D eigenvalue weighted by atomic mass is 16.4. The molecule has 0 saturated heterocycles. The summed E-state index contributed by atoms with van der Waals surface area (Å²) in [5.74, 6) is -1.20. The maximum absolute atomic E-state index is 12.5. The Bertz CT molecular complexity index is 534. The SMILES string of the molecule is CN(C(=O)c1ncccc1/C=C/C(=O)O)C1CCCC1. The van der Waals surface area contributed by atoms with Gasteiger partial charge in [0, 0.05) is 30.9 Å². The summed E-state index contributed by atoms with van der Waals surface area (Å²) in [5, 5.41) is 8.68. The molecule has 1 fully saturated rings. The van der Waals surface area contributed by atoms with Crippen molar-refractivity contribution in [2.24, 2.45) is 0 Å². The van der Waals surface area contributed by atoms with Gasteiger partial charge in [0.25, 0.3) is 5.91 Å². The summed E-state index contributed by atoms with van der Waals surface area (Å²) in [6.45, 7) is 0. The van der Waals surface area contributed by atoms with Crippen molar-refractivity contribution >= 4 is 18.0 Å². The minimum Gasteiger partial charge on any atom is -0.478 e. The summed E-state index contributed by atoms with van der Waals surface area (Å²) in [6, 6.07) is 3.65. The predicted octanol–water partition coefficient (Wildman–Crippen LogP) is 2.19. The molecule has 1 aromatic heterocycles. The summed E-state index contributed by atoms with van der Waals surface area (Å²) in [5.41, 5.74) is 0.837. The van der Waals surface area contributed by atoms with Gasteiger partial charge in [-0.15, -0.1) is 0 Å². The first-order valence-corrected chi connectivity index (χ1v) is 6.73. The monoisotopic (exact) mass is 274 g/mol. The van der Waals surface area contributed by atoms with E-state index in [1.165, 1.54) is 6.08 Å². The summed E-state index contributed by atoms with van der Waals surface area (Å²) >= 11 is 0. The lowest BCUT2D eigenvalue weighted by Gasteiger charge is -2.24. The van der Waals surface area contributed by atoms with Crippen molar-refractivity contribution < 1.29 is 14.7 Å². The van der Waals surface area contributed by atoms with Crippen LogP contribution >= 0.6 is 0 Å². The van der Waals surface area contributed by atoms with Crippen molar-refractivity contribution in [3.63, 3.8) is 0 Å². The third kappa shape index (κ3) is 3.23. The second-order valence-corrected chi connectivity index (χ2v) is 4.97. The number of carboxylic acid groups (broad SMARTS) is 1. The molecule has 5 nitrogen and oxygen atoms in total. The molecule has 1 aromatic rings. The lowest BCUT2D eigenvalue weighted by molar-refractivity contribution is -0.131. The van der Waals surface area contributed by atoms with E-state index >= 15 is 0 Å². The number of aromatic nitrogens is 1. The van der Waals surface area contributed by atoms with Crippen LogP contribution in [0.25, 0.3) is 6.08 Å². The normalized spacial score (nSPS) is 15.7. The van der Waals surface area contributed by atoms with E-state index in [1.807, 2.05) is 0 Å². The number of amides is 1. The molecule has 106 valence electrons. The van der Waals surface area contributed by atoms with Crippen molar-refractivity contribution in [3.8, 4) is 0 Å². The van der Waals surface area contributed by atoms with Crippen LogP contribution < -0.4 is 0 Å². The topological polar surface area (TPSA) is 70.5 Å². The summed E-state index contributed by atoms with van der Waals surface area (Å²) < 4.78 is 0. The summed E-state index contributed by atoms with van der Waals surface area (Å²) in [6.07, 6.45) is 8.32. The average molecular weight is 274 g/mol. The standard InChI is InChI=1S/C15H18N2O3/c1-17(12-6-2-3-7-12)15(20)14-11(5-4-10-16-14)8-9-13(18)19/h4-5,8-10,12H,2-3,6-7H2,1H3,(H,18,19)/b9-8+. The van der Waals surface area contributed by atoms with Crippen LogP contribution in [-0.4, -0.2) is 40.0 Å². The number of carbonyl (C=O) groups is 2. The highest BCUT2D eigenvalue weighted by Gasteiger charge is 2.25. The molecule has 1 N–H and O–H groups in total. The number of hydrogen-bond donors (Lipinski definition) is 1. The van der Waals surface area contributed by atoms with Crippen molar-refractivity contribution in [1.82, 2.24) is 9.88 Å². The predicted molar refractivity (Wildman–Crippen MR) is 75.3 cm³/mol. The summed E-state index contributed by atoms with van der Waals surface area (Å²) in [7, 11) is 1.79. The molecule has 0 atom stereocenters. The fraction of sp³-hybridized carbons (Fsp3) is 0.400. The zero-order chi connectivity index (χ0) is 14.5. The minimum atomic E-state index is -1.05. The Labute approximate surface area is 117 Å². The molecule has 1 aliphatic rings. The Morgan fingerprint density at radius 3 is 2.75 bits per heavy atom. The minimum absolute atomic E-state index is 0.150. The van der Waals surface area contributed by atoms with Gasteiger partial charge in [0.05, 0.1) is 0 Å². The lowest BCUT2D eigenvalue weighted by Crippen LogP contribution is -2.36. The number of aliphatic carboxylic acids is 1. The molecule has 0 bridgehead atoms. The first kappa shape index (κ1) is 14.2. The number of carboxylic acids is 1. The third-order valence-electron chi connectivity index (χ3n) is 3.64. The number of hydrogen-bond acceptors (Lipinski definition) is 3. The van der Waals surface area contributed by atoms with Gasteiger partial charge in [0.2, 0.25) is 0 Å². The number of nitrogens with zero attached hydrogens (tertiary/aromatic N) is 2. The molecule has 0 radical (unpaired) electrons.